The minimum Gasteiger partial charge on any atom is -0.484 e. The van der Waals surface area contributed by atoms with Gasteiger partial charge in [-0.15, -0.1) is 0 Å². The number of hydrogen-bond donors (Lipinski definition) is 1. The summed E-state index contributed by atoms with van der Waals surface area (Å²) >= 11 is 0. The molecule has 1 aromatic heterocycles. The standard InChI is InChI=1S/C15H16F3NO2/c1-9(2)14(20)13-5-3-10-7-11(4-6-12(10)19-13)21-8-15(16,17)18/h3-7,9,14,20H,8H2,1-2H3. The molecule has 21 heavy (non-hydrogen) atoms. The van der Waals surface area contributed by atoms with Crippen LogP contribution in [0.5, 0.6) is 5.75 Å². The normalized spacial score (nSPS) is 13.7. The van der Waals surface area contributed by atoms with Crippen LogP contribution in [0.3, 0.4) is 0 Å². The number of aromatic nitrogens is 1. The molecule has 3 nitrogen and oxygen atoms in total. The fraction of sp³-hybridized carbons (Fsp3) is 0.400. The maximum Gasteiger partial charge on any atom is 0.422 e. The van der Waals surface area contributed by atoms with E-state index in [0.29, 0.717) is 16.6 Å². The first-order valence-corrected chi connectivity index (χ1v) is 6.54. The zero-order valence-corrected chi connectivity index (χ0v) is 11.7. The van der Waals surface area contributed by atoms with Gasteiger partial charge in [-0.25, -0.2) is 0 Å². The minimum atomic E-state index is -4.36. The molecule has 1 aromatic carbocycles. The number of halogens is 3. The molecule has 1 heterocycles. The van der Waals surface area contributed by atoms with Crippen molar-refractivity contribution >= 4 is 10.9 Å². The number of fused-ring (bicyclic) bond motifs is 1. The highest BCUT2D eigenvalue weighted by molar-refractivity contribution is 5.80. The van der Waals surface area contributed by atoms with Crippen molar-refractivity contribution in [1.29, 1.82) is 0 Å². The number of pyridine rings is 1. The number of rotatable bonds is 4. The number of aliphatic hydroxyl groups excluding tert-OH is 1. The molecule has 0 aliphatic rings. The number of nitrogens with zero attached hydrogens (tertiary/aromatic N) is 1. The Labute approximate surface area is 120 Å². The molecule has 1 atom stereocenters. The SMILES string of the molecule is CC(C)C(O)c1ccc2cc(OCC(F)(F)F)ccc2n1. The van der Waals surface area contributed by atoms with Crippen LogP contribution >= 0.6 is 0 Å². The first-order chi connectivity index (χ1) is 9.76. The predicted octanol–water partition coefficient (Wildman–Crippen LogP) is 3.87. The van der Waals surface area contributed by atoms with Crippen molar-refractivity contribution in [3.05, 3.63) is 36.0 Å². The van der Waals surface area contributed by atoms with Crippen LogP contribution in [0.4, 0.5) is 13.2 Å². The number of ether oxygens (including phenoxy) is 1. The van der Waals surface area contributed by atoms with Crippen molar-refractivity contribution in [3.63, 3.8) is 0 Å². The maximum absolute atomic E-state index is 12.1. The Kier molecular flexibility index (Phi) is 4.37. The molecule has 0 aliphatic heterocycles. The lowest BCUT2D eigenvalue weighted by Crippen LogP contribution is -2.19. The number of hydrogen-bond acceptors (Lipinski definition) is 3. The summed E-state index contributed by atoms with van der Waals surface area (Å²) in [7, 11) is 0. The second kappa shape index (κ2) is 5.89. The predicted molar refractivity (Wildman–Crippen MR) is 73.1 cm³/mol. The molecule has 0 spiro atoms. The van der Waals surface area contributed by atoms with Crippen LogP contribution in [-0.4, -0.2) is 22.9 Å². The van der Waals surface area contributed by atoms with Crippen molar-refractivity contribution in [2.75, 3.05) is 6.61 Å². The molecule has 2 rings (SSSR count). The molecule has 0 aliphatic carbocycles. The van der Waals surface area contributed by atoms with Crippen LogP contribution in [0, 0.1) is 5.92 Å². The average molecular weight is 299 g/mol. The molecule has 0 bridgehead atoms. The fourth-order valence-corrected chi connectivity index (χ4v) is 1.88. The second-order valence-electron chi connectivity index (χ2n) is 5.18. The molecule has 0 saturated carbocycles. The number of aliphatic hydroxyl groups is 1. The number of benzene rings is 1. The highest BCUT2D eigenvalue weighted by Crippen LogP contribution is 2.25. The van der Waals surface area contributed by atoms with Gasteiger partial charge in [0.1, 0.15) is 5.75 Å². The van der Waals surface area contributed by atoms with E-state index >= 15 is 0 Å². The van der Waals surface area contributed by atoms with Gasteiger partial charge in [0.15, 0.2) is 6.61 Å². The minimum absolute atomic E-state index is 0.0318. The molecule has 0 fully saturated rings. The molecule has 1 N–H and O–H groups in total. The van der Waals surface area contributed by atoms with Crippen LogP contribution in [0.25, 0.3) is 10.9 Å². The molecular formula is C15H16F3NO2. The largest absolute Gasteiger partial charge is 0.484 e. The summed E-state index contributed by atoms with van der Waals surface area (Å²) in [5.41, 5.74) is 1.15. The molecule has 2 aromatic rings. The van der Waals surface area contributed by atoms with Crippen molar-refractivity contribution in [2.45, 2.75) is 26.1 Å². The fourth-order valence-electron chi connectivity index (χ4n) is 1.88. The van der Waals surface area contributed by atoms with Crippen molar-refractivity contribution in [1.82, 2.24) is 4.98 Å². The summed E-state index contributed by atoms with van der Waals surface area (Å²) < 4.78 is 41.0. The van der Waals surface area contributed by atoms with Gasteiger partial charge >= 0.3 is 6.18 Å². The lowest BCUT2D eigenvalue weighted by Gasteiger charge is -2.14. The summed E-state index contributed by atoms with van der Waals surface area (Å²) in [6.45, 7) is 2.44. The van der Waals surface area contributed by atoms with E-state index in [2.05, 4.69) is 4.98 Å². The van der Waals surface area contributed by atoms with E-state index in [1.807, 2.05) is 13.8 Å². The zero-order valence-electron chi connectivity index (χ0n) is 11.7. The Morgan fingerprint density at radius 3 is 2.52 bits per heavy atom. The number of alkyl halides is 3. The van der Waals surface area contributed by atoms with Gasteiger partial charge in [0, 0.05) is 5.39 Å². The molecule has 0 amide bonds. The van der Waals surface area contributed by atoms with E-state index in [9.17, 15) is 18.3 Å². The van der Waals surface area contributed by atoms with Gasteiger partial charge in [-0.3, -0.25) is 4.98 Å². The molecule has 0 saturated heterocycles. The summed E-state index contributed by atoms with van der Waals surface area (Å²) in [6.07, 6.45) is -5.03. The van der Waals surface area contributed by atoms with Gasteiger partial charge in [-0.1, -0.05) is 19.9 Å². The Balaban J connectivity index is 2.23. The summed E-state index contributed by atoms with van der Waals surface area (Å²) in [5, 5.41) is 10.6. The van der Waals surface area contributed by atoms with Crippen molar-refractivity contribution < 1.29 is 23.0 Å². The summed E-state index contributed by atoms with van der Waals surface area (Å²) in [6, 6.07) is 7.90. The third-order valence-electron chi connectivity index (χ3n) is 3.02. The van der Waals surface area contributed by atoms with E-state index in [4.69, 9.17) is 4.74 Å². The van der Waals surface area contributed by atoms with Crippen molar-refractivity contribution in [3.8, 4) is 5.75 Å². The van der Waals surface area contributed by atoms with Crippen molar-refractivity contribution in [2.24, 2.45) is 5.92 Å². The lowest BCUT2D eigenvalue weighted by molar-refractivity contribution is -0.153. The summed E-state index contributed by atoms with van der Waals surface area (Å²) in [4.78, 5) is 4.32. The monoisotopic (exact) mass is 299 g/mol. The van der Waals surface area contributed by atoms with E-state index in [0.717, 1.165) is 0 Å². The first-order valence-electron chi connectivity index (χ1n) is 6.54. The van der Waals surface area contributed by atoms with Crippen LogP contribution < -0.4 is 4.74 Å². The van der Waals surface area contributed by atoms with Gasteiger partial charge in [0.05, 0.1) is 17.3 Å². The van der Waals surface area contributed by atoms with Crippen LogP contribution in [-0.2, 0) is 0 Å². The summed E-state index contributed by atoms with van der Waals surface area (Å²) in [5.74, 6) is 0.170. The van der Waals surface area contributed by atoms with E-state index in [1.54, 1.807) is 18.2 Å². The van der Waals surface area contributed by atoms with E-state index < -0.39 is 18.9 Å². The third-order valence-corrected chi connectivity index (χ3v) is 3.02. The van der Waals surface area contributed by atoms with Crippen LogP contribution in [0.15, 0.2) is 30.3 Å². The molecule has 0 radical (unpaired) electrons. The van der Waals surface area contributed by atoms with Gasteiger partial charge < -0.3 is 9.84 Å². The lowest BCUT2D eigenvalue weighted by atomic mass is 10.0. The Morgan fingerprint density at radius 1 is 1.19 bits per heavy atom. The van der Waals surface area contributed by atoms with E-state index in [-0.39, 0.29) is 11.7 Å². The average Bonchev–Trinajstić information content (AvgIpc) is 2.42. The van der Waals surface area contributed by atoms with Crippen LogP contribution in [0.1, 0.15) is 25.6 Å². The Morgan fingerprint density at radius 2 is 1.90 bits per heavy atom. The highest BCUT2D eigenvalue weighted by Gasteiger charge is 2.28. The van der Waals surface area contributed by atoms with Gasteiger partial charge in [-0.2, -0.15) is 13.2 Å². The maximum atomic E-state index is 12.1. The quantitative estimate of drug-likeness (QED) is 0.932. The molecule has 114 valence electrons. The van der Waals surface area contributed by atoms with Gasteiger partial charge in [0.2, 0.25) is 0 Å². The van der Waals surface area contributed by atoms with Crippen LogP contribution in [0.2, 0.25) is 0 Å². The molecule has 6 heteroatoms. The van der Waals surface area contributed by atoms with Gasteiger partial charge in [-0.05, 0) is 30.2 Å². The van der Waals surface area contributed by atoms with E-state index in [1.165, 1.54) is 12.1 Å². The Bertz CT molecular complexity index is 626. The molecule has 1 unspecified atom stereocenters. The zero-order chi connectivity index (χ0) is 15.6. The molecular weight excluding hydrogens is 283 g/mol. The highest BCUT2D eigenvalue weighted by atomic mass is 19.4. The first kappa shape index (κ1) is 15.6. The Hall–Kier alpha value is -1.82. The smallest absolute Gasteiger partial charge is 0.422 e. The topological polar surface area (TPSA) is 42.4 Å². The second-order valence-corrected chi connectivity index (χ2v) is 5.18. The van der Waals surface area contributed by atoms with Gasteiger partial charge in [0.25, 0.3) is 0 Å². The third kappa shape index (κ3) is 4.07.